The summed E-state index contributed by atoms with van der Waals surface area (Å²) in [6.45, 7) is 2.11. The van der Waals surface area contributed by atoms with E-state index in [4.69, 9.17) is 4.74 Å². The van der Waals surface area contributed by atoms with Gasteiger partial charge in [0.05, 0.1) is 5.75 Å². The van der Waals surface area contributed by atoms with E-state index in [9.17, 15) is 9.59 Å². The Morgan fingerprint density at radius 2 is 2.15 bits per heavy atom. The Bertz CT molecular complexity index is 501. The Morgan fingerprint density at radius 1 is 1.40 bits per heavy atom. The summed E-state index contributed by atoms with van der Waals surface area (Å²) in [7, 11) is 0. The second-order valence-electron chi connectivity index (χ2n) is 4.41. The molecule has 0 bridgehead atoms. The summed E-state index contributed by atoms with van der Waals surface area (Å²) < 4.78 is 5.31. The number of ether oxygens (including phenoxy) is 1. The molecule has 4 nitrogen and oxygen atoms in total. The molecule has 1 aliphatic heterocycles. The molecule has 20 heavy (non-hydrogen) atoms. The molecule has 0 aliphatic carbocycles. The van der Waals surface area contributed by atoms with Crippen molar-refractivity contribution in [3.05, 3.63) is 47.5 Å². The van der Waals surface area contributed by atoms with E-state index < -0.39 is 6.04 Å². The lowest BCUT2D eigenvalue weighted by Gasteiger charge is -2.28. The minimum Gasteiger partial charge on any atom is -0.459 e. The van der Waals surface area contributed by atoms with E-state index in [1.807, 2.05) is 42.7 Å². The largest absolute Gasteiger partial charge is 0.459 e. The monoisotopic (exact) mass is 291 g/mol. The van der Waals surface area contributed by atoms with Crippen LogP contribution in [0.1, 0.15) is 18.9 Å². The Hall–Kier alpha value is -1.75. The highest BCUT2D eigenvalue weighted by molar-refractivity contribution is 8.02. The summed E-state index contributed by atoms with van der Waals surface area (Å²) in [4.78, 5) is 25.4. The molecule has 0 aromatic heterocycles. The molecule has 1 amide bonds. The number of amides is 1. The van der Waals surface area contributed by atoms with E-state index in [-0.39, 0.29) is 18.5 Å². The van der Waals surface area contributed by atoms with Crippen molar-refractivity contribution in [2.24, 2.45) is 0 Å². The molecule has 0 radical (unpaired) electrons. The summed E-state index contributed by atoms with van der Waals surface area (Å²) in [6.07, 6.45) is 2.20. The normalized spacial score (nSPS) is 16.1. The van der Waals surface area contributed by atoms with Crippen molar-refractivity contribution in [1.82, 2.24) is 4.90 Å². The van der Waals surface area contributed by atoms with Gasteiger partial charge in [0.2, 0.25) is 5.91 Å². The average Bonchev–Trinajstić information content (AvgIpc) is 2.49. The van der Waals surface area contributed by atoms with Crippen LogP contribution in [0.4, 0.5) is 0 Å². The minimum atomic E-state index is -0.539. The van der Waals surface area contributed by atoms with Crippen molar-refractivity contribution in [2.75, 3.05) is 5.75 Å². The molecule has 5 heteroatoms. The first-order valence-electron chi connectivity index (χ1n) is 6.52. The lowest BCUT2D eigenvalue weighted by atomic mass is 10.2. The number of hydrogen-bond acceptors (Lipinski definition) is 4. The van der Waals surface area contributed by atoms with Crippen LogP contribution in [0.25, 0.3) is 0 Å². The SMILES string of the molecule is CCC(C(=O)OCc1ccccc1)N1C=CSCC1=O. The second kappa shape index (κ2) is 7.14. The summed E-state index contributed by atoms with van der Waals surface area (Å²) in [6, 6.07) is 8.97. The van der Waals surface area contributed by atoms with E-state index >= 15 is 0 Å². The molecule has 1 aromatic carbocycles. The van der Waals surface area contributed by atoms with E-state index in [1.165, 1.54) is 16.7 Å². The first-order chi connectivity index (χ1) is 9.72. The highest BCUT2D eigenvalue weighted by Gasteiger charge is 2.29. The Labute approximate surface area is 122 Å². The van der Waals surface area contributed by atoms with Crippen molar-refractivity contribution in [2.45, 2.75) is 26.0 Å². The molecule has 1 atom stereocenters. The van der Waals surface area contributed by atoms with E-state index in [0.29, 0.717) is 12.2 Å². The molecule has 0 saturated heterocycles. The number of carbonyl (C=O) groups excluding carboxylic acids is 2. The topological polar surface area (TPSA) is 46.6 Å². The van der Waals surface area contributed by atoms with Gasteiger partial charge in [0.25, 0.3) is 0 Å². The van der Waals surface area contributed by atoms with Gasteiger partial charge in [-0.25, -0.2) is 4.79 Å². The summed E-state index contributed by atoms with van der Waals surface area (Å²) in [5, 5.41) is 1.83. The predicted octanol–water partition coefficient (Wildman–Crippen LogP) is 2.56. The van der Waals surface area contributed by atoms with Gasteiger partial charge in [-0.05, 0) is 17.4 Å². The fourth-order valence-corrected chi connectivity index (χ4v) is 2.57. The number of nitrogens with zero attached hydrogens (tertiary/aromatic N) is 1. The van der Waals surface area contributed by atoms with Gasteiger partial charge in [0.15, 0.2) is 0 Å². The highest BCUT2D eigenvalue weighted by Crippen LogP contribution is 2.18. The first-order valence-corrected chi connectivity index (χ1v) is 7.57. The first kappa shape index (κ1) is 14.7. The third kappa shape index (κ3) is 3.63. The van der Waals surface area contributed by atoms with Crippen LogP contribution in [-0.2, 0) is 20.9 Å². The lowest BCUT2D eigenvalue weighted by molar-refractivity contribution is -0.154. The quantitative estimate of drug-likeness (QED) is 0.782. The predicted molar refractivity (Wildman–Crippen MR) is 78.8 cm³/mol. The summed E-state index contributed by atoms with van der Waals surface area (Å²) in [5.74, 6) is -0.0406. The van der Waals surface area contributed by atoms with Crippen molar-refractivity contribution >= 4 is 23.6 Å². The van der Waals surface area contributed by atoms with Gasteiger partial charge < -0.3 is 9.64 Å². The molecule has 0 spiro atoms. The third-order valence-corrected chi connectivity index (χ3v) is 3.76. The molecule has 1 unspecified atom stereocenters. The number of esters is 1. The Morgan fingerprint density at radius 3 is 2.80 bits per heavy atom. The highest BCUT2D eigenvalue weighted by atomic mass is 32.2. The van der Waals surface area contributed by atoms with Crippen LogP contribution in [0.5, 0.6) is 0 Å². The van der Waals surface area contributed by atoms with Gasteiger partial charge in [-0.1, -0.05) is 37.3 Å². The zero-order chi connectivity index (χ0) is 14.4. The fraction of sp³-hybridized carbons (Fsp3) is 0.333. The van der Waals surface area contributed by atoms with Crippen molar-refractivity contribution < 1.29 is 14.3 Å². The van der Waals surface area contributed by atoms with Crippen molar-refractivity contribution in [3.63, 3.8) is 0 Å². The van der Waals surface area contributed by atoms with Crippen LogP contribution in [-0.4, -0.2) is 28.6 Å². The molecule has 0 fully saturated rings. The number of carbonyl (C=O) groups is 2. The second-order valence-corrected chi connectivity index (χ2v) is 5.31. The van der Waals surface area contributed by atoms with Crippen LogP contribution < -0.4 is 0 Å². The standard InChI is InChI=1S/C15H17NO3S/c1-2-13(16-8-9-20-11-14(16)17)15(18)19-10-12-6-4-3-5-7-12/h3-9,13H,2,10-11H2,1H3. The maximum absolute atomic E-state index is 12.1. The summed E-state index contributed by atoms with van der Waals surface area (Å²) >= 11 is 1.43. The van der Waals surface area contributed by atoms with Gasteiger partial charge in [-0.2, -0.15) is 0 Å². The van der Waals surface area contributed by atoms with Crippen LogP contribution in [0.15, 0.2) is 41.9 Å². The number of rotatable bonds is 5. The lowest BCUT2D eigenvalue weighted by Crippen LogP contribution is -2.43. The van der Waals surface area contributed by atoms with E-state index in [1.54, 1.807) is 6.20 Å². The van der Waals surface area contributed by atoms with Crippen LogP contribution in [0.3, 0.4) is 0 Å². The fourth-order valence-electron chi connectivity index (χ4n) is 1.97. The van der Waals surface area contributed by atoms with Crippen LogP contribution >= 0.6 is 11.8 Å². The molecular formula is C15H17NO3S. The van der Waals surface area contributed by atoms with Crippen molar-refractivity contribution in [3.8, 4) is 0 Å². The summed E-state index contributed by atoms with van der Waals surface area (Å²) in [5.41, 5.74) is 0.937. The van der Waals surface area contributed by atoms with Crippen LogP contribution in [0.2, 0.25) is 0 Å². The molecular weight excluding hydrogens is 274 g/mol. The number of hydrogen-bond donors (Lipinski definition) is 0. The Balaban J connectivity index is 1.97. The molecule has 1 aromatic rings. The van der Waals surface area contributed by atoms with Gasteiger partial charge >= 0.3 is 5.97 Å². The smallest absolute Gasteiger partial charge is 0.329 e. The molecule has 1 aliphatic rings. The zero-order valence-electron chi connectivity index (χ0n) is 11.3. The molecule has 0 N–H and O–H groups in total. The van der Waals surface area contributed by atoms with Crippen LogP contribution in [0, 0.1) is 0 Å². The van der Waals surface area contributed by atoms with Gasteiger partial charge in [0.1, 0.15) is 12.6 Å². The average molecular weight is 291 g/mol. The zero-order valence-corrected chi connectivity index (χ0v) is 12.1. The molecule has 0 saturated carbocycles. The van der Waals surface area contributed by atoms with Gasteiger partial charge in [-0.15, -0.1) is 11.8 Å². The van der Waals surface area contributed by atoms with Gasteiger partial charge in [0, 0.05) is 6.20 Å². The maximum Gasteiger partial charge on any atom is 0.329 e. The molecule has 1 heterocycles. The minimum absolute atomic E-state index is 0.0546. The maximum atomic E-state index is 12.1. The number of thioether (sulfide) groups is 1. The Kier molecular flexibility index (Phi) is 5.24. The number of benzene rings is 1. The van der Waals surface area contributed by atoms with E-state index in [0.717, 1.165) is 5.56 Å². The van der Waals surface area contributed by atoms with E-state index in [2.05, 4.69) is 0 Å². The molecule has 106 valence electrons. The third-order valence-electron chi connectivity index (χ3n) is 3.03. The van der Waals surface area contributed by atoms with Gasteiger partial charge in [-0.3, -0.25) is 4.79 Å². The molecule has 2 rings (SSSR count). The van der Waals surface area contributed by atoms with Crippen molar-refractivity contribution in [1.29, 1.82) is 0 Å².